The zero-order valence-electron chi connectivity index (χ0n) is 48.8. The van der Waals surface area contributed by atoms with Gasteiger partial charge in [-0.1, -0.05) is 22.6 Å². The minimum Gasteiger partial charge on any atom is -0.481 e. The van der Waals surface area contributed by atoms with Gasteiger partial charge in [-0.3, -0.25) is 96.5 Å². The number of halogens is 1. The molecule has 88 heavy (non-hydrogen) atoms. The summed E-state index contributed by atoms with van der Waals surface area (Å²) in [5.41, 5.74) is 9.79. The molecule has 12 N–H and O–H groups in total. The van der Waals surface area contributed by atoms with Crippen LogP contribution >= 0.6 is 22.6 Å². The number of nitrogens with zero attached hydrogens (tertiary/aromatic N) is 7. The van der Waals surface area contributed by atoms with Gasteiger partial charge in [-0.25, -0.2) is 14.8 Å². The van der Waals surface area contributed by atoms with Crippen LogP contribution in [0.3, 0.4) is 0 Å². The van der Waals surface area contributed by atoms with Crippen LogP contribution in [0.4, 0.5) is 0 Å². The van der Waals surface area contributed by atoms with E-state index >= 15 is 0 Å². The minimum absolute atomic E-state index is 0.0180. The predicted octanol–water partition coefficient (Wildman–Crippen LogP) is -5.25. The number of imide groups is 4. The van der Waals surface area contributed by atoms with Crippen molar-refractivity contribution in [3.05, 3.63) is 24.3 Å². The molecule has 4 heterocycles. The molecule has 0 radical (unpaired) electrons. The summed E-state index contributed by atoms with van der Waals surface area (Å²) in [7, 11) is 4.12. The van der Waals surface area contributed by atoms with Crippen molar-refractivity contribution in [3.8, 4) is 0 Å². The summed E-state index contributed by atoms with van der Waals surface area (Å²) in [4.78, 5) is 225. The molecule has 0 aromatic heterocycles. The molecular formula is C51H74IN15O21. The molecule has 16 amide bonds. The van der Waals surface area contributed by atoms with Gasteiger partial charge in [0.2, 0.25) is 47.3 Å². The molecular weight excluding hydrogens is 1290 g/mol. The van der Waals surface area contributed by atoms with Gasteiger partial charge in [-0.15, -0.1) is 5.06 Å². The molecule has 36 nitrogen and oxygen atoms in total. The van der Waals surface area contributed by atoms with Crippen LogP contribution in [0.15, 0.2) is 34.3 Å². The average molecular weight is 1360 g/mol. The molecule has 486 valence electrons. The van der Waals surface area contributed by atoms with E-state index in [2.05, 4.69) is 89.5 Å². The van der Waals surface area contributed by atoms with Gasteiger partial charge in [0.1, 0.15) is 12.1 Å². The number of carboxylic acid groups (broad SMARTS) is 1. The van der Waals surface area contributed by atoms with Crippen molar-refractivity contribution < 1.29 is 101 Å². The van der Waals surface area contributed by atoms with E-state index in [0.717, 1.165) is 60.2 Å². The SMILES string of the molecule is CCN=C=NCCCN(C)C.CI.NC(=O)CNC(=O)CNC(=O)C(CCC(=O)O)NC(=O)CCCN1C(=O)C=CC1=O.NC(=O)CNC(=O)CNC(=O)C(CCC(=O)ON1C(=O)CCC1=O)NC(=O)CCCN1C(=O)C=CC1=O.O=C1CCC(=O)N1O. The third-order valence-corrected chi connectivity index (χ3v) is 11.1. The standard InChI is InChI=1S/C21H26N6O10.C17H23N5O8.C8H17N3.C4H5NO3.CH3I/c22-13(28)10-23-15(30)11-24-21(36)12(3-8-20(35)37-27-18(33)6-7-19(27)34)25-14(29)2-1-9-26-16(31)4-5-17(26)32;18-11(23)8-19-13(25)9-20-17(30)10(3-6-16(28)29)21-12(24)2-1-7-22-14(26)4-5-15(22)27;1-4-9-8-10-6-5-7-11(2)3;6-3-1-2-4(7)5(3)8;1-2/h4-5,12H,1-3,6-11H2,(H2,22,28)(H,23,30)(H,24,36)(H,25,29);4-5,10H,1-3,6-9H2,(H2,18,23)(H,19,25)(H,20,30)(H,21,24)(H,28,29);4-7H2,1-3H3;8H,1-2H2;1H3. The van der Waals surface area contributed by atoms with Crippen molar-refractivity contribution in [2.75, 3.05) is 77.9 Å². The number of hydrogen-bond donors (Lipinski definition) is 10. The Morgan fingerprint density at radius 3 is 1.34 bits per heavy atom. The Labute approximate surface area is 517 Å². The normalized spacial score (nSPS) is 14.3. The summed E-state index contributed by atoms with van der Waals surface area (Å²) >= 11 is 2.15. The maximum atomic E-state index is 12.6. The van der Waals surface area contributed by atoms with Gasteiger partial charge in [0.15, 0.2) is 0 Å². The number of amides is 16. The molecule has 4 rings (SSSR count). The van der Waals surface area contributed by atoms with E-state index in [1.807, 2.05) is 11.9 Å². The second kappa shape index (κ2) is 44.3. The lowest BCUT2D eigenvalue weighted by molar-refractivity contribution is -0.197. The van der Waals surface area contributed by atoms with Gasteiger partial charge in [-0.05, 0) is 64.6 Å². The van der Waals surface area contributed by atoms with Crippen molar-refractivity contribution in [1.29, 1.82) is 0 Å². The largest absolute Gasteiger partial charge is 0.481 e. The van der Waals surface area contributed by atoms with Crippen LogP contribution in [-0.2, 0) is 91.1 Å². The average Bonchev–Trinajstić information content (AvgIpc) is 4.40. The van der Waals surface area contributed by atoms with Gasteiger partial charge in [0.05, 0.1) is 45.2 Å². The van der Waals surface area contributed by atoms with Crippen LogP contribution in [0, 0.1) is 0 Å². The molecule has 0 spiro atoms. The third-order valence-electron chi connectivity index (χ3n) is 11.1. The first kappa shape index (κ1) is 78.8. The molecule has 0 saturated carbocycles. The van der Waals surface area contributed by atoms with Crippen LogP contribution in [0.2, 0.25) is 0 Å². The van der Waals surface area contributed by atoms with Gasteiger partial charge >= 0.3 is 11.9 Å². The highest BCUT2D eigenvalue weighted by molar-refractivity contribution is 14.1. The van der Waals surface area contributed by atoms with Crippen LogP contribution in [0.5, 0.6) is 0 Å². The molecule has 0 aromatic rings. The second-order valence-corrected chi connectivity index (χ2v) is 18.4. The summed E-state index contributed by atoms with van der Waals surface area (Å²) in [6.07, 6.45) is 4.14. The summed E-state index contributed by atoms with van der Waals surface area (Å²) in [5, 5.41) is 31.3. The number of aliphatic carboxylic acids is 1. The number of primary amides is 2. The highest BCUT2D eigenvalue weighted by atomic mass is 127. The Hall–Kier alpha value is -9.23. The zero-order chi connectivity index (χ0) is 66.9. The number of nitrogens with two attached hydrogens (primary N) is 2. The summed E-state index contributed by atoms with van der Waals surface area (Å²) in [5.74, 6) is -12.4. The Kier molecular flexibility index (Phi) is 39.6. The van der Waals surface area contributed by atoms with Crippen molar-refractivity contribution in [2.45, 2.75) is 102 Å². The molecule has 2 saturated heterocycles. The van der Waals surface area contributed by atoms with E-state index < -0.39 is 158 Å². The molecule has 2 atom stereocenters. The highest BCUT2D eigenvalue weighted by Gasteiger charge is 2.34. The molecule has 2 unspecified atom stereocenters. The van der Waals surface area contributed by atoms with Crippen molar-refractivity contribution in [1.82, 2.24) is 56.7 Å². The number of rotatable bonds is 32. The number of hydrogen-bond acceptors (Lipinski definition) is 23. The van der Waals surface area contributed by atoms with Gasteiger partial charge < -0.3 is 58.2 Å². The van der Waals surface area contributed by atoms with E-state index in [1.165, 1.54) is 0 Å². The fourth-order valence-corrected chi connectivity index (χ4v) is 6.78. The Balaban J connectivity index is 0.00000131. The van der Waals surface area contributed by atoms with Crippen LogP contribution in [0.25, 0.3) is 0 Å². The molecule has 0 aromatic carbocycles. The van der Waals surface area contributed by atoms with E-state index in [9.17, 15) is 86.3 Å². The first-order chi connectivity index (χ1) is 41.6. The van der Waals surface area contributed by atoms with E-state index in [0.29, 0.717) is 5.06 Å². The van der Waals surface area contributed by atoms with Crippen LogP contribution < -0.4 is 43.4 Å². The second-order valence-electron chi connectivity index (χ2n) is 18.4. The zero-order valence-corrected chi connectivity index (χ0v) is 51.0. The topological polar surface area (TPSA) is 522 Å². The fourth-order valence-electron chi connectivity index (χ4n) is 6.78. The number of carboxylic acids is 1. The maximum absolute atomic E-state index is 12.6. The number of aliphatic imine (C=N–C) groups is 2. The third kappa shape index (κ3) is 34.7. The number of alkyl halides is 1. The highest BCUT2D eigenvalue weighted by Crippen LogP contribution is 2.14. The van der Waals surface area contributed by atoms with E-state index in [4.69, 9.17) is 26.6 Å². The molecule has 0 aliphatic carbocycles. The number of nitrogens with one attached hydrogen (secondary N) is 6. The molecule has 4 aliphatic heterocycles. The Morgan fingerprint density at radius 1 is 0.591 bits per heavy atom. The van der Waals surface area contributed by atoms with Gasteiger partial charge in [-0.2, -0.15) is 5.06 Å². The quantitative estimate of drug-likeness (QED) is 0.00751. The summed E-state index contributed by atoms with van der Waals surface area (Å²) in [6.45, 7) is 2.73. The molecule has 2 fully saturated rings. The first-order valence-corrected chi connectivity index (χ1v) is 29.0. The van der Waals surface area contributed by atoms with Crippen molar-refractivity contribution >= 4 is 135 Å². The van der Waals surface area contributed by atoms with Crippen molar-refractivity contribution in [2.24, 2.45) is 21.5 Å². The number of carbonyl (C=O) groups excluding carboxylic acids is 17. The lowest BCUT2D eigenvalue weighted by Crippen LogP contribution is -2.49. The Bertz CT molecular complexity index is 2630. The lowest BCUT2D eigenvalue weighted by Gasteiger charge is -2.19. The maximum Gasteiger partial charge on any atom is 0.333 e. The van der Waals surface area contributed by atoms with Gasteiger partial charge in [0.25, 0.3) is 47.3 Å². The predicted molar refractivity (Wildman–Crippen MR) is 309 cm³/mol. The minimum atomic E-state index is -1.33. The fraction of sp³-hybridized carbons (Fsp3) is 0.549. The first-order valence-electron chi connectivity index (χ1n) is 26.8. The van der Waals surface area contributed by atoms with Crippen molar-refractivity contribution in [3.63, 3.8) is 0 Å². The van der Waals surface area contributed by atoms with Gasteiger partial charge in [0, 0.05) is 88.9 Å². The van der Waals surface area contributed by atoms with Crippen LogP contribution in [-0.4, -0.2) is 238 Å². The van der Waals surface area contributed by atoms with E-state index in [-0.39, 0.29) is 82.4 Å². The van der Waals surface area contributed by atoms with E-state index in [1.54, 1.807) is 0 Å². The summed E-state index contributed by atoms with van der Waals surface area (Å²) < 4.78 is 0. The number of carbonyl (C=O) groups is 18. The molecule has 4 aliphatic rings. The van der Waals surface area contributed by atoms with Crippen LogP contribution in [0.1, 0.15) is 90.4 Å². The monoisotopic (exact) mass is 1360 g/mol. The lowest BCUT2D eigenvalue weighted by atomic mass is 10.1. The Morgan fingerprint density at radius 2 is 0.989 bits per heavy atom. The molecule has 37 heteroatoms. The molecule has 0 bridgehead atoms. The number of hydroxylamine groups is 4. The smallest absolute Gasteiger partial charge is 0.333 e. The summed E-state index contributed by atoms with van der Waals surface area (Å²) in [6, 6.07) is 0.0986.